The number of guanidine groups is 1. The molecule has 0 aromatic heterocycles. The summed E-state index contributed by atoms with van der Waals surface area (Å²) in [7, 11) is 0. The highest BCUT2D eigenvalue weighted by molar-refractivity contribution is 14.0. The van der Waals surface area contributed by atoms with Crippen LogP contribution in [-0.2, 0) is 4.79 Å². The average Bonchev–Trinajstić information content (AvgIpc) is 2.54. The van der Waals surface area contributed by atoms with Crippen LogP contribution in [0.5, 0.6) is 0 Å². The maximum absolute atomic E-state index is 11.8. The van der Waals surface area contributed by atoms with Gasteiger partial charge in [-0.25, -0.2) is 0 Å². The summed E-state index contributed by atoms with van der Waals surface area (Å²) in [6, 6.07) is 0.194. The number of nitrogens with one attached hydrogen (secondary N) is 2. The summed E-state index contributed by atoms with van der Waals surface area (Å²) in [6.07, 6.45) is 7.25. The van der Waals surface area contributed by atoms with Crippen molar-refractivity contribution >= 4 is 47.6 Å². The molecule has 1 aliphatic heterocycles. The molecule has 0 radical (unpaired) electrons. The third-order valence-corrected chi connectivity index (χ3v) is 6.23. The van der Waals surface area contributed by atoms with Gasteiger partial charge in [0.05, 0.1) is 6.54 Å². The lowest BCUT2D eigenvalue weighted by Crippen LogP contribution is -2.53. The number of aliphatic imine (C=N–C) groups is 1. The third-order valence-electron chi connectivity index (χ3n) is 4.70. The van der Waals surface area contributed by atoms with Gasteiger partial charge in [-0.3, -0.25) is 9.79 Å². The van der Waals surface area contributed by atoms with Crippen molar-refractivity contribution < 1.29 is 4.79 Å². The molecule has 25 heavy (non-hydrogen) atoms. The lowest BCUT2D eigenvalue weighted by molar-refractivity contribution is -0.121. The van der Waals surface area contributed by atoms with Gasteiger partial charge in [0.25, 0.3) is 0 Å². The van der Waals surface area contributed by atoms with E-state index in [0.717, 1.165) is 25.6 Å². The molecule has 1 saturated heterocycles. The highest BCUT2D eigenvalue weighted by Crippen LogP contribution is 2.42. The topological polar surface area (TPSA) is 56.7 Å². The van der Waals surface area contributed by atoms with E-state index in [4.69, 9.17) is 4.99 Å². The number of hydrogen-bond acceptors (Lipinski definition) is 3. The monoisotopic (exact) mass is 482 g/mol. The summed E-state index contributed by atoms with van der Waals surface area (Å²) in [4.78, 5) is 18.9. The average molecular weight is 482 g/mol. The van der Waals surface area contributed by atoms with E-state index in [1.54, 1.807) is 0 Å². The van der Waals surface area contributed by atoms with Crippen molar-refractivity contribution in [3.8, 4) is 0 Å². The molecule has 0 unspecified atom stereocenters. The zero-order chi connectivity index (χ0) is 17.4. The van der Waals surface area contributed by atoms with Gasteiger partial charge < -0.3 is 15.5 Å². The molecule has 0 aromatic carbocycles. The lowest BCUT2D eigenvalue weighted by atomic mass is 9.87. The molecular weight excluding hydrogens is 447 g/mol. The van der Waals surface area contributed by atoms with E-state index in [9.17, 15) is 4.79 Å². The van der Waals surface area contributed by atoms with Gasteiger partial charge in [-0.05, 0) is 33.6 Å². The number of rotatable bonds is 5. The second kappa shape index (κ2) is 11.5. The fourth-order valence-electron chi connectivity index (χ4n) is 3.61. The Labute approximate surface area is 174 Å². The van der Waals surface area contributed by atoms with Gasteiger partial charge in [-0.15, -0.1) is 24.0 Å². The van der Waals surface area contributed by atoms with Crippen molar-refractivity contribution in [2.75, 3.05) is 31.9 Å². The van der Waals surface area contributed by atoms with Crippen molar-refractivity contribution in [2.45, 2.75) is 70.1 Å². The summed E-state index contributed by atoms with van der Waals surface area (Å²) in [6.45, 7) is 9.65. The Kier molecular flexibility index (Phi) is 10.5. The van der Waals surface area contributed by atoms with E-state index in [0.29, 0.717) is 17.7 Å². The van der Waals surface area contributed by atoms with E-state index >= 15 is 0 Å². The predicted molar refractivity (Wildman–Crippen MR) is 119 cm³/mol. The molecule has 1 spiro atoms. The molecule has 2 aliphatic rings. The summed E-state index contributed by atoms with van der Waals surface area (Å²) >= 11 is 2.17. The van der Waals surface area contributed by atoms with Crippen LogP contribution < -0.4 is 10.6 Å². The molecular formula is C18H35IN4OS. The number of nitrogens with zero attached hydrogens (tertiary/aromatic N) is 2. The normalized spacial score (nSPS) is 20.3. The Balaban J connectivity index is 0.00000312. The van der Waals surface area contributed by atoms with Gasteiger partial charge in [0.1, 0.15) is 0 Å². The molecule has 1 amide bonds. The zero-order valence-electron chi connectivity index (χ0n) is 16.0. The van der Waals surface area contributed by atoms with E-state index in [1.807, 2.05) is 13.8 Å². The quantitative estimate of drug-likeness (QED) is 0.359. The van der Waals surface area contributed by atoms with Gasteiger partial charge in [-0.2, -0.15) is 11.8 Å². The van der Waals surface area contributed by atoms with Crippen LogP contribution in [0, 0.1) is 0 Å². The fraction of sp³-hybridized carbons (Fsp3) is 0.889. The van der Waals surface area contributed by atoms with Gasteiger partial charge >= 0.3 is 0 Å². The number of carbonyl (C=O) groups excluding carboxylic acids is 1. The van der Waals surface area contributed by atoms with Crippen LogP contribution in [0.15, 0.2) is 4.99 Å². The third kappa shape index (κ3) is 7.53. The van der Waals surface area contributed by atoms with Crippen LogP contribution >= 0.6 is 35.7 Å². The Hall–Kier alpha value is -0.180. The highest BCUT2D eigenvalue weighted by Gasteiger charge is 2.38. The number of hydrogen-bond donors (Lipinski definition) is 2. The first kappa shape index (κ1) is 22.9. The molecule has 5 nitrogen and oxygen atoms in total. The summed E-state index contributed by atoms with van der Waals surface area (Å²) < 4.78 is 0.432. The first-order valence-corrected chi connectivity index (χ1v) is 10.5. The maximum atomic E-state index is 11.8. The molecule has 1 aliphatic carbocycles. The summed E-state index contributed by atoms with van der Waals surface area (Å²) in [5.74, 6) is 2.25. The molecule has 2 N–H and O–H groups in total. The minimum Gasteiger partial charge on any atom is -0.357 e. The summed E-state index contributed by atoms with van der Waals surface area (Å²) in [5.41, 5.74) is 0. The SMILES string of the molecule is CCNC(=NCCC(=O)NC(C)C)N1CCSC2(CCCCC2)C1.I. The van der Waals surface area contributed by atoms with Crippen LogP contribution in [0.2, 0.25) is 0 Å². The lowest BCUT2D eigenvalue weighted by Gasteiger charge is -2.45. The van der Waals surface area contributed by atoms with E-state index < -0.39 is 0 Å². The minimum absolute atomic E-state index is 0. The van der Waals surface area contributed by atoms with E-state index in [1.165, 1.54) is 37.9 Å². The van der Waals surface area contributed by atoms with Gasteiger partial charge in [-0.1, -0.05) is 19.3 Å². The Morgan fingerprint density at radius 3 is 2.64 bits per heavy atom. The molecule has 1 heterocycles. The Bertz CT molecular complexity index is 433. The van der Waals surface area contributed by atoms with Gasteiger partial charge in [0, 0.05) is 42.6 Å². The smallest absolute Gasteiger partial charge is 0.222 e. The van der Waals surface area contributed by atoms with Crippen molar-refractivity contribution in [2.24, 2.45) is 4.99 Å². The van der Waals surface area contributed by atoms with Crippen LogP contribution in [-0.4, -0.2) is 59.5 Å². The first-order chi connectivity index (χ1) is 11.5. The van der Waals surface area contributed by atoms with Gasteiger partial charge in [0.2, 0.25) is 5.91 Å². The molecule has 146 valence electrons. The molecule has 0 atom stereocenters. The molecule has 7 heteroatoms. The van der Waals surface area contributed by atoms with Crippen LogP contribution in [0.3, 0.4) is 0 Å². The van der Waals surface area contributed by atoms with Crippen molar-refractivity contribution in [3.05, 3.63) is 0 Å². The maximum Gasteiger partial charge on any atom is 0.222 e. The number of amides is 1. The van der Waals surface area contributed by atoms with Crippen LogP contribution in [0.25, 0.3) is 0 Å². The largest absolute Gasteiger partial charge is 0.357 e. The van der Waals surface area contributed by atoms with Crippen LogP contribution in [0.4, 0.5) is 0 Å². The summed E-state index contributed by atoms with van der Waals surface area (Å²) in [5, 5.41) is 6.35. The molecule has 1 saturated carbocycles. The Morgan fingerprint density at radius 2 is 2.00 bits per heavy atom. The molecule has 0 aromatic rings. The molecule has 0 bridgehead atoms. The fourth-order valence-corrected chi connectivity index (χ4v) is 5.18. The second-order valence-corrected chi connectivity index (χ2v) is 8.78. The minimum atomic E-state index is 0. The molecule has 2 fully saturated rings. The van der Waals surface area contributed by atoms with Crippen molar-refractivity contribution in [1.29, 1.82) is 0 Å². The van der Waals surface area contributed by atoms with E-state index in [-0.39, 0.29) is 35.9 Å². The van der Waals surface area contributed by atoms with E-state index in [2.05, 4.69) is 34.2 Å². The Morgan fingerprint density at radius 1 is 1.28 bits per heavy atom. The molecule has 2 rings (SSSR count). The van der Waals surface area contributed by atoms with Gasteiger partial charge in [0.15, 0.2) is 5.96 Å². The highest BCUT2D eigenvalue weighted by atomic mass is 127. The van der Waals surface area contributed by atoms with Crippen molar-refractivity contribution in [3.63, 3.8) is 0 Å². The zero-order valence-corrected chi connectivity index (χ0v) is 19.1. The predicted octanol–water partition coefficient (Wildman–Crippen LogP) is 3.24. The number of halogens is 1. The number of thioether (sulfide) groups is 1. The second-order valence-electron chi connectivity index (χ2n) is 7.22. The first-order valence-electron chi connectivity index (χ1n) is 9.51. The van der Waals surface area contributed by atoms with Crippen LogP contribution in [0.1, 0.15) is 59.3 Å². The van der Waals surface area contributed by atoms with Crippen molar-refractivity contribution in [1.82, 2.24) is 15.5 Å². The number of carbonyl (C=O) groups is 1. The standard InChI is InChI=1S/C18H34N4OS.HI/c1-4-19-17(20-11-8-16(23)21-15(2)3)22-12-13-24-18(14-22)9-6-5-7-10-18;/h15H,4-14H2,1-3H3,(H,19,20)(H,21,23);1H.